The SMILES string of the molecule is CC1=C(O)C(=O)C23C(CC[C@H]2C)C(C)(C)OC3(O)C1=O. The fraction of sp³-hybridized carbons (Fsp3) is 0.733. The van der Waals surface area contributed by atoms with Gasteiger partial charge in [0.15, 0.2) is 5.76 Å². The number of allylic oxidation sites excluding steroid dienone is 1. The van der Waals surface area contributed by atoms with E-state index in [-0.39, 0.29) is 17.4 Å². The third-order valence-corrected chi connectivity index (χ3v) is 5.62. The van der Waals surface area contributed by atoms with Gasteiger partial charge in [-0.2, -0.15) is 0 Å². The van der Waals surface area contributed by atoms with Crippen molar-refractivity contribution in [2.24, 2.45) is 17.3 Å². The van der Waals surface area contributed by atoms with Gasteiger partial charge in [-0.25, -0.2) is 0 Å². The lowest BCUT2D eigenvalue weighted by Crippen LogP contribution is -2.62. The van der Waals surface area contributed by atoms with Gasteiger partial charge in [0.25, 0.3) is 0 Å². The highest BCUT2D eigenvalue weighted by Crippen LogP contribution is 2.67. The van der Waals surface area contributed by atoms with Crippen LogP contribution in [0.2, 0.25) is 0 Å². The van der Waals surface area contributed by atoms with E-state index in [9.17, 15) is 19.8 Å². The average molecular weight is 280 g/mol. The second-order valence-electron chi connectivity index (χ2n) is 6.88. The Hall–Kier alpha value is -1.20. The van der Waals surface area contributed by atoms with Gasteiger partial charge < -0.3 is 14.9 Å². The Morgan fingerprint density at radius 1 is 1.20 bits per heavy atom. The van der Waals surface area contributed by atoms with Crippen molar-refractivity contribution in [2.75, 3.05) is 0 Å². The van der Waals surface area contributed by atoms with Gasteiger partial charge >= 0.3 is 0 Å². The smallest absolute Gasteiger partial charge is 0.245 e. The molecule has 1 saturated heterocycles. The molecule has 0 aromatic rings. The molecule has 1 spiro atoms. The summed E-state index contributed by atoms with van der Waals surface area (Å²) in [7, 11) is 0. The molecule has 5 heteroatoms. The first-order chi connectivity index (χ1) is 9.10. The van der Waals surface area contributed by atoms with Gasteiger partial charge in [-0.05, 0) is 39.5 Å². The molecule has 4 atom stereocenters. The zero-order valence-corrected chi connectivity index (χ0v) is 12.2. The van der Waals surface area contributed by atoms with Gasteiger partial charge in [0, 0.05) is 11.5 Å². The Morgan fingerprint density at radius 3 is 2.40 bits per heavy atom. The number of carbonyl (C=O) groups is 2. The van der Waals surface area contributed by atoms with Crippen LogP contribution in [0.5, 0.6) is 0 Å². The Labute approximate surface area is 117 Å². The molecule has 0 aromatic carbocycles. The summed E-state index contributed by atoms with van der Waals surface area (Å²) in [6.45, 7) is 6.78. The standard InChI is InChI=1S/C15H20O5/c1-7-5-6-9-13(3,4)20-15(19)11(17)8(2)10(16)12(18)14(7,9)15/h7,9,16,19H,5-6H2,1-4H3/t7-,9?,14?,15?/m1/s1. The van der Waals surface area contributed by atoms with E-state index < -0.39 is 34.1 Å². The topological polar surface area (TPSA) is 83.8 Å². The first-order valence-electron chi connectivity index (χ1n) is 7.02. The summed E-state index contributed by atoms with van der Waals surface area (Å²) in [6.07, 6.45) is 1.42. The summed E-state index contributed by atoms with van der Waals surface area (Å²) in [5.74, 6) is -4.38. The van der Waals surface area contributed by atoms with Gasteiger partial charge in [-0.3, -0.25) is 9.59 Å². The molecule has 3 unspecified atom stereocenters. The van der Waals surface area contributed by atoms with Crippen LogP contribution in [0, 0.1) is 17.3 Å². The zero-order chi connectivity index (χ0) is 15.1. The molecule has 0 aromatic heterocycles. The van der Waals surface area contributed by atoms with Crippen molar-refractivity contribution < 1.29 is 24.5 Å². The van der Waals surface area contributed by atoms with Crippen molar-refractivity contribution in [1.29, 1.82) is 0 Å². The second kappa shape index (κ2) is 3.52. The zero-order valence-electron chi connectivity index (χ0n) is 12.2. The molecule has 0 bridgehead atoms. The molecule has 3 rings (SSSR count). The van der Waals surface area contributed by atoms with Crippen LogP contribution in [0.1, 0.15) is 40.5 Å². The lowest BCUT2D eigenvalue weighted by molar-refractivity contribution is -0.244. The van der Waals surface area contributed by atoms with E-state index in [0.29, 0.717) is 6.42 Å². The van der Waals surface area contributed by atoms with Crippen LogP contribution in [0.15, 0.2) is 11.3 Å². The molecule has 0 radical (unpaired) electrons. The molecule has 20 heavy (non-hydrogen) atoms. The van der Waals surface area contributed by atoms with Crippen molar-refractivity contribution >= 4 is 11.6 Å². The highest BCUT2D eigenvalue weighted by Gasteiger charge is 2.79. The van der Waals surface area contributed by atoms with Crippen LogP contribution in [-0.4, -0.2) is 33.2 Å². The Balaban J connectivity index is 2.34. The number of carbonyl (C=O) groups excluding carboxylic acids is 2. The van der Waals surface area contributed by atoms with Crippen LogP contribution in [0.3, 0.4) is 0 Å². The summed E-state index contributed by atoms with van der Waals surface area (Å²) in [4.78, 5) is 25.3. The largest absolute Gasteiger partial charge is 0.504 e. The molecule has 1 heterocycles. The molecule has 0 amide bonds. The van der Waals surface area contributed by atoms with Gasteiger partial charge in [0.1, 0.15) is 5.41 Å². The Morgan fingerprint density at radius 2 is 1.80 bits per heavy atom. The van der Waals surface area contributed by atoms with Crippen molar-refractivity contribution in [3.05, 3.63) is 11.3 Å². The third-order valence-electron chi connectivity index (χ3n) is 5.62. The van der Waals surface area contributed by atoms with Crippen LogP contribution in [0.25, 0.3) is 0 Å². The number of aliphatic hydroxyl groups excluding tert-OH is 1. The van der Waals surface area contributed by atoms with E-state index in [1.807, 2.05) is 6.92 Å². The van der Waals surface area contributed by atoms with Crippen LogP contribution >= 0.6 is 0 Å². The highest BCUT2D eigenvalue weighted by atomic mass is 16.7. The Bertz CT molecular complexity index is 561. The molecular weight excluding hydrogens is 260 g/mol. The molecule has 2 aliphatic carbocycles. The van der Waals surface area contributed by atoms with E-state index in [4.69, 9.17) is 4.74 Å². The lowest BCUT2D eigenvalue weighted by Gasteiger charge is -2.43. The summed E-state index contributed by atoms with van der Waals surface area (Å²) in [6, 6.07) is 0. The fourth-order valence-electron chi connectivity index (χ4n) is 4.72. The normalized spacial score (nSPS) is 46.6. The van der Waals surface area contributed by atoms with Crippen molar-refractivity contribution in [1.82, 2.24) is 0 Å². The molecule has 1 aliphatic heterocycles. The maximum atomic E-state index is 12.8. The number of hydrogen-bond donors (Lipinski definition) is 2. The Kier molecular flexibility index (Phi) is 2.42. The molecule has 5 nitrogen and oxygen atoms in total. The van der Waals surface area contributed by atoms with E-state index in [2.05, 4.69) is 0 Å². The van der Waals surface area contributed by atoms with E-state index in [1.54, 1.807) is 13.8 Å². The van der Waals surface area contributed by atoms with Crippen LogP contribution < -0.4 is 0 Å². The van der Waals surface area contributed by atoms with Crippen molar-refractivity contribution in [3.63, 3.8) is 0 Å². The third kappa shape index (κ3) is 1.13. The predicted molar refractivity (Wildman–Crippen MR) is 69.8 cm³/mol. The summed E-state index contributed by atoms with van der Waals surface area (Å²) < 4.78 is 5.71. The minimum absolute atomic E-state index is 0.112. The van der Waals surface area contributed by atoms with Gasteiger partial charge in [-0.1, -0.05) is 6.92 Å². The maximum absolute atomic E-state index is 12.8. The maximum Gasteiger partial charge on any atom is 0.245 e. The monoisotopic (exact) mass is 280 g/mol. The minimum Gasteiger partial charge on any atom is -0.504 e. The molecule has 1 saturated carbocycles. The molecule has 2 fully saturated rings. The van der Waals surface area contributed by atoms with Crippen molar-refractivity contribution in [3.8, 4) is 0 Å². The first-order valence-corrected chi connectivity index (χ1v) is 7.02. The average Bonchev–Trinajstić information content (AvgIpc) is 2.80. The molecular formula is C15H20O5. The van der Waals surface area contributed by atoms with Gasteiger partial charge in [-0.15, -0.1) is 0 Å². The van der Waals surface area contributed by atoms with E-state index in [0.717, 1.165) is 6.42 Å². The number of ketones is 2. The fourth-order valence-corrected chi connectivity index (χ4v) is 4.72. The van der Waals surface area contributed by atoms with E-state index >= 15 is 0 Å². The first kappa shape index (κ1) is 13.8. The predicted octanol–water partition coefficient (Wildman–Crippen LogP) is 1.50. The van der Waals surface area contributed by atoms with Crippen molar-refractivity contribution in [2.45, 2.75) is 51.9 Å². The highest BCUT2D eigenvalue weighted by molar-refractivity contribution is 6.17. The molecule has 3 aliphatic rings. The van der Waals surface area contributed by atoms with Gasteiger partial charge in [0.05, 0.1) is 5.60 Å². The van der Waals surface area contributed by atoms with Crippen LogP contribution in [0.4, 0.5) is 0 Å². The van der Waals surface area contributed by atoms with Gasteiger partial charge in [0.2, 0.25) is 17.4 Å². The minimum atomic E-state index is -2.15. The number of hydrogen-bond acceptors (Lipinski definition) is 5. The number of rotatable bonds is 0. The second-order valence-corrected chi connectivity index (χ2v) is 6.88. The molecule has 2 N–H and O–H groups in total. The quantitative estimate of drug-likeness (QED) is 0.702. The van der Waals surface area contributed by atoms with Crippen LogP contribution in [-0.2, 0) is 14.3 Å². The number of aliphatic hydroxyl groups is 2. The number of ether oxygens (including phenoxy) is 1. The number of Topliss-reactive ketones (excluding diaryl/α,β-unsaturated/α-hetero) is 2. The summed E-state index contributed by atoms with van der Waals surface area (Å²) in [5, 5.41) is 21.0. The lowest BCUT2D eigenvalue weighted by atomic mass is 9.58. The molecule has 110 valence electrons. The summed E-state index contributed by atoms with van der Waals surface area (Å²) >= 11 is 0. The summed E-state index contributed by atoms with van der Waals surface area (Å²) in [5.41, 5.74) is -2.24. The van der Waals surface area contributed by atoms with E-state index in [1.165, 1.54) is 6.92 Å².